The highest BCUT2D eigenvalue weighted by molar-refractivity contribution is 5.87. The Hall–Kier alpha value is -3.33. The summed E-state index contributed by atoms with van der Waals surface area (Å²) in [6.45, 7) is 10.5. The number of ether oxygens (including phenoxy) is 4. The maximum Gasteiger partial charge on any atom is 0.407 e. The highest BCUT2D eigenvalue weighted by Crippen LogP contribution is 2.19. The van der Waals surface area contributed by atoms with Crippen LogP contribution < -0.4 is 10.1 Å². The van der Waals surface area contributed by atoms with Crippen LogP contribution in [0.2, 0.25) is 0 Å². The maximum absolute atomic E-state index is 11.7. The summed E-state index contributed by atoms with van der Waals surface area (Å²) in [4.78, 5) is 34.5. The molecule has 0 aromatic heterocycles. The third-order valence-electron chi connectivity index (χ3n) is 4.19. The first-order valence-corrected chi connectivity index (χ1v) is 10.6. The summed E-state index contributed by atoms with van der Waals surface area (Å²) in [5, 5.41) is 12.6. The number of alkyl carbamates (subject to hydrolysis) is 1. The van der Waals surface area contributed by atoms with Crippen LogP contribution in [0.4, 0.5) is 4.79 Å². The molecular weight excluding hydrogens is 430 g/mol. The van der Waals surface area contributed by atoms with E-state index in [0.29, 0.717) is 48.5 Å². The number of aliphatic hydroxyl groups is 1. The van der Waals surface area contributed by atoms with E-state index >= 15 is 0 Å². The first-order valence-electron chi connectivity index (χ1n) is 10.6. The zero-order valence-corrected chi connectivity index (χ0v) is 19.3. The number of hydrogen-bond donors (Lipinski definition) is 2. The number of carbonyl (C=O) groups excluding carboxylic acids is 3. The van der Waals surface area contributed by atoms with Crippen molar-refractivity contribution in [3.05, 3.63) is 54.1 Å². The van der Waals surface area contributed by atoms with Crippen LogP contribution in [0.25, 0.3) is 0 Å². The van der Waals surface area contributed by atoms with E-state index in [9.17, 15) is 19.5 Å². The minimum atomic E-state index is -1.04. The van der Waals surface area contributed by atoms with Gasteiger partial charge in [-0.3, -0.25) is 0 Å². The Morgan fingerprint density at radius 1 is 0.939 bits per heavy atom. The van der Waals surface area contributed by atoms with Crippen LogP contribution in [0, 0.1) is 0 Å². The molecule has 1 aromatic rings. The average Bonchev–Trinajstić information content (AvgIpc) is 2.79. The van der Waals surface area contributed by atoms with E-state index < -0.39 is 24.1 Å². The first-order chi connectivity index (χ1) is 15.7. The zero-order chi connectivity index (χ0) is 24.6. The van der Waals surface area contributed by atoms with Crippen molar-refractivity contribution < 1.29 is 38.4 Å². The van der Waals surface area contributed by atoms with Crippen LogP contribution in [0.5, 0.6) is 5.75 Å². The van der Waals surface area contributed by atoms with Gasteiger partial charge in [0.2, 0.25) is 0 Å². The summed E-state index contributed by atoms with van der Waals surface area (Å²) < 4.78 is 20.6. The number of nitrogens with one attached hydrogen (secondary N) is 1. The predicted molar refractivity (Wildman–Crippen MR) is 122 cm³/mol. The third-order valence-corrected chi connectivity index (χ3v) is 4.19. The number of para-hydroxylation sites is 1. The topological polar surface area (TPSA) is 120 Å². The number of amides is 1. The molecule has 1 atom stereocenters. The normalized spacial score (nSPS) is 11.1. The molecule has 33 heavy (non-hydrogen) atoms. The molecule has 9 heteroatoms. The number of unbranched alkanes of at least 4 members (excludes halogenated alkanes) is 2. The molecule has 1 rings (SSSR count). The lowest BCUT2D eigenvalue weighted by atomic mass is 10.2. The van der Waals surface area contributed by atoms with Crippen molar-refractivity contribution in [1.82, 2.24) is 5.32 Å². The molecule has 0 aliphatic rings. The minimum Gasteiger partial charge on any atom is -0.490 e. The number of esters is 2. The zero-order valence-electron chi connectivity index (χ0n) is 19.3. The number of benzene rings is 1. The predicted octanol–water partition coefficient (Wildman–Crippen LogP) is 3.06. The van der Waals surface area contributed by atoms with Gasteiger partial charge >= 0.3 is 18.0 Å². The number of hydrogen-bond acceptors (Lipinski definition) is 8. The summed E-state index contributed by atoms with van der Waals surface area (Å²) >= 11 is 0. The van der Waals surface area contributed by atoms with Crippen molar-refractivity contribution in [1.29, 1.82) is 0 Å². The van der Waals surface area contributed by atoms with Gasteiger partial charge in [0.1, 0.15) is 31.7 Å². The van der Waals surface area contributed by atoms with Crippen molar-refractivity contribution in [2.75, 3.05) is 26.4 Å². The van der Waals surface area contributed by atoms with Crippen LogP contribution in [-0.2, 0) is 30.4 Å². The molecule has 2 N–H and O–H groups in total. The standard InChI is InChI=1S/C24H33NO8/c1-17(2)22(27)30-13-9-5-8-12-25-24(29)33-16-20(26)15-31-21-11-7-6-10-19(21)14-32-23(28)18(3)4/h6-7,10-11,20,26H,1,3,5,8-9,12-16H2,2,4H3,(H,25,29). The van der Waals surface area contributed by atoms with Gasteiger partial charge in [-0.15, -0.1) is 0 Å². The molecule has 0 radical (unpaired) electrons. The highest BCUT2D eigenvalue weighted by Gasteiger charge is 2.12. The summed E-state index contributed by atoms with van der Waals surface area (Å²) in [5.74, 6) is -0.464. The summed E-state index contributed by atoms with van der Waals surface area (Å²) in [6.07, 6.45) is 0.457. The molecule has 0 saturated heterocycles. The Morgan fingerprint density at radius 2 is 1.61 bits per heavy atom. The molecule has 0 heterocycles. The molecule has 1 amide bonds. The largest absolute Gasteiger partial charge is 0.490 e. The Balaban J connectivity index is 2.20. The van der Waals surface area contributed by atoms with Gasteiger partial charge < -0.3 is 29.4 Å². The van der Waals surface area contributed by atoms with E-state index in [0.717, 1.165) is 6.42 Å². The van der Waals surface area contributed by atoms with Gasteiger partial charge in [-0.25, -0.2) is 14.4 Å². The van der Waals surface area contributed by atoms with E-state index in [2.05, 4.69) is 18.5 Å². The van der Waals surface area contributed by atoms with Gasteiger partial charge in [0.05, 0.1) is 6.61 Å². The lowest BCUT2D eigenvalue weighted by Gasteiger charge is -2.15. The Morgan fingerprint density at radius 3 is 2.30 bits per heavy atom. The van der Waals surface area contributed by atoms with Gasteiger partial charge in [0.25, 0.3) is 0 Å². The van der Waals surface area contributed by atoms with E-state index in [1.165, 1.54) is 0 Å². The van der Waals surface area contributed by atoms with E-state index in [-0.39, 0.29) is 19.8 Å². The second kappa shape index (κ2) is 15.5. The van der Waals surface area contributed by atoms with Crippen LogP contribution in [0.1, 0.15) is 38.7 Å². The van der Waals surface area contributed by atoms with Gasteiger partial charge in [0.15, 0.2) is 0 Å². The lowest BCUT2D eigenvalue weighted by molar-refractivity contribution is -0.140. The first kappa shape index (κ1) is 27.7. The van der Waals surface area contributed by atoms with Crippen molar-refractivity contribution in [3.8, 4) is 5.75 Å². The molecule has 0 aliphatic heterocycles. The van der Waals surface area contributed by atoms with E-state index in [4.69, 9.17) is 18.9 Å². The van der Waals surface area contributed by atoms with Crippen LogP contribution in [0.3, 0.4) is 0 Å². The van der Waals surface area contributed by atoms with Gasteiger partial charge in [-0.05, 0) is 39.2 Å². The van der Waals surface area contributed by atoms with E-state index in [1.807, 2.05) is 0 Å². The summed E-state index contributed by atoms with van der Waals surface area (Å²) in [7, 11) is 0. The molecule has 1 unspecified atom stereocenters. The summed E-state index contributed by atoms with van der Waals surface area (Å²) in [5.41, 5.74) is 1.29. The van der Waals surface area contributed by atoms with Gasteiger partial charge in [-0.2, -0.15) is 0 Å². The lowest BCUT2D eigenvalue weighted by Crippen LogP contribution is -2.31. The number of carbonyl (C=O) groups is 3. The summed E-state index contributed by atoms with van der Waals surface area (Å²) in [6, 6.07) is 6.95. The quantitative estimate of drug-likeness (QED) is 0.176. The molecule has 0 spiro atoms. The Labute approximate surface area is 194 Å². The fourth-order valence-corrected chi connectivity index (χ4v) is 2.37. The smallest absolute Gasteiger partial charge is 0.407 e. The van der Waals surface area contributed by atoms with Crippen molar-refractivity contribution in [3.63, 3.8) is 0 Å². The van der Waals surface area contributed by atoms with Crippen LogP contribution in [0.15, 0.2) is 48.6 Å². The number of rotatable bonds is 15. The van der Waals surface area contributed by atoms with Crippen molar-refractivity contribution in [2.45, 2.75) is 45.8 Å². The SMILES string of the molecule is C=C(C)C(=O)OCCCCCNC(=O)OCC(O)COc1ccccc1COC(=O)C(=C)C. The molecule has 1 aromatic carbocycles. The fraction of sp³-hybridized carbons (Fsp3) is 0.458. The minimum absolute atomic E-state index is 0.00714. The van der Waals surface area contributed by atoms with E-state index in [1.54, 1.807) is 38.1 Å². The molecule has 9 nitrogen and oxygen atoms in total. The molecule has 182 valence electrons. The number of aliphatic hydroxyl groups excluding tert-OH is 1. The molecule has 0 bridgehead atoms. The molecule has 0 aliphatic carbocycles. The van der Waals surface area contributed by atoms with Crippen molar-refractivity contribution in [2.24, 2.45) is 0 Å². The van der Waals surface area contributed by atoms with Crippen LogP contribution >= 0.6 is 0 Å². The second-order valence-corrected chi connectivity index (χ2v) is 7.43. The molecule has 0 saturated carbocycles. The van der Waals surface area contributed by atoms with Gasteiger partial charge in [-0.1, -0.05) is 31.4 Å². The fourth-order valence-electron chi connectivity index (χ4n) is 2.37. The Kier molecular flexibility index (Phi) is 13.0. The molecule has 0 fully saturated rings. The third kappa shape index (κ3) is 12.3. The van der Waals surface area contributed by atoms with Crippen molar-refractivity contribution >= 4 is 18.0 Å². The Bertz CT molecular complexity index is 820. The molecular formula is C24H33NO8. The maximum atomic E-state index is 11.7. The monoisotopic (exact) mass is 463 g/mol. The average molecular weight is 464 g/mol. The second-order valence-electron chi connectivity index (χ2n) is 7.43. The highest BCUT2D eigenvalue weighted by atomic mass is 16.6. The van der Waals surface area contributed by atoms with Crippen LogP contribution in [-0.4, -0.2) is 55.6 Å². The van der Waals surface area contributed by atoms with Gasteiger partial charge in [0, 0.05) is 23.3 Å².